The van der Waals surface area contributed by atoms with E-state index in [1.807, 2.05) is 0 Å². The fourth-order valence-corrected chi connectivity index (χ4v) is 7.20. The summed E-state index contributed by atoms with van der Waals surface area (Å²) in [6.45, 7) is 22.8. The predicted molar refractivity (Wildman–Crippen MR) is 138 cm³/mol. The van der Waals surface area contributed by atoms with Crippen LogP contribution in [-0.4, -0.2) is 12.2 Å². The number of hydrogen-bond acceptors (Lipinski definition) is 3. The average molecular weight is 467 g/mol. The van der Waals surface area contributed by atoms with Gasteiger partial charge in [0.05, 0.1) is 12.2 Å². The van der Waals surface area contributed by atoms with Crippen LogP contribution < -0.4 is 0 Å². The van der Waals surface area contributed by atoms with Gasteiger partial charge in [-0.2, -0.15) is 0 Å². The lowest BCUT2D eigenvalue weighted by atomic mass is 9.91. The quantitative estimate of drug-likeness (QED) is 0.181. The van der Waals surface area contributed by atoms with Crippen LogP contribution in [0.25, 0.3) is 0 Å². The van der Waals surface area contributed by atoms with Gasteiger partial charge >= 0.3 is 0 Å². The molecule has 29 heavy (non-hydrogen) atoms. The Kier molecular flexibility index (Phi) is 15.4. The lowest BCUT2D eigenvalue weighted by molar-refractivity contribution is 0.0988. The third-order valence-electron chi connectivity index (χ3n) is 5.11. The van der Waals surface area contributed by atoms with Crippen molar-refractivity contribution in [2.75, 3.05) is 0 Å². The zero-order valence-electron chi connectivity index (χ0n) is 21.0. The molecule has 0 aromatic rings. The van der Waals surface area contributed by atoms with Gasteiger partial charge in [-0.1, -0.05) is 81.5 Å². The highest BCUT2D eigenvalue weighted by Crippen LogP contribution is 2.57. The van der Waals surface area contributed by atoms with Gasteiger partial charge in [-0.15, -0.1) is 0 Å². The van der Waals surface area contributed by atoms with Crippen molar-refractivity contribution < 1.29 is 9.05 Å². The highest BCUT2D eigenvalue weighted by atomic mass is 32.9. The molecule has 0 aromatic heterocycles. The van der Waals surface area contributed by atoms with E-state index in [0.29, 0.717) is 35.5 Å². The Labute approximate surface area is 194 Å². The Morgan fingerprint density at radius 1 is 0.552 bits per heavy atom. The van der Waals surface area contributed by atoms with Gasteiger partial charge in [0.15, 0.2) is 0 Å². The van der Waals surface area contributed by atoms with E-state index in [2.05, 4.69) is 69.2 Å². The summed E-state index contributed by atoms with van der Waals surface area (Å²) in [6.07, 6.45) is 6.83. The molecular formula is C24H51O2PS2. The second-order valence-corrected chi connectivity index (χ2v) is 16.3. The van der Waals surface area contributed by atoms with Crippen LogP contribution in [0.15, 0.2) is 0 Å². The standard InChI is InChI=1S/C24H51O2PS2/c1-17(2)11-21(9)15-23(13-19(5)6)25-27(28,29)26-24(14-20(7)8)16-22(10)12-18(3)4/h17-24H,11-16H2,1-10H3,(H,28,29). The number of thiol groups is 1. The first-order chi connectivity index (χ1) is 13.2. The minimum atomic E-state index is -2.57. The molecule has 0 amide bonds. The maximum atomic E-state index is 6.44. The van der Waals surface area contributed by atoms with Crippen LogP contribution in [-0.2, 0) is 20.9 Å². The highest BCUT2D eigenvalue weighted by Gasteiger charge is 2.28. The molecule has 0 aromatic carbocycles. The SMILES string of the molecule is CC(C)CC(C)CC(CC(C)C)OP(=S)(S)OC(CC(C)C)CC(C)CC(C)C. The fraction of sp³-hybridized carbons (Fsp3) is 1.00. The van der Waals surface area contributed by atoms with E-state index in [9.17, 15) is 0 Å². The minimum Gasteiger partial charge on any atom is -0.318 e. The molecule has 2 nitrogen and oxygen atoms in total. The lowest BCUT2D eigenvalue weighted by Crippen LogP contribution is -2.22. The average Bonchev–Trinajstić information content (AvgIpc) is 2.41. The van der Waals surface area contributed by atoms with Gasteiger partial charge in [-0.05, 0) is 85.8 Å². The van der Waals surface area contributed by atoms with Crippen LogP contribution in [0.1, 0.15) is 108 Å². The summed E-state index contributed by atoms with van der Waals surface area (Å²) in [6, 6.07) is 0. The lowest BCUT2D eigenvalue weighted by Gasteiger charge is -2.32. The molecule has 0 saturated carbocycles. The molecule has 0 aliphatic rings. The smallest absolute Gasteiger partial charge is 0.244 e. The van der Waals surface area contributed by atoms with Crippen LogP contribution >= 0.6 is 17.9 Å². The zero-order chi connectivity index (χ0) is 22.8. The van der Waals surface area contributed by atoms with Crippen molar-refractivity contribution in [3.8, 4) is 0 Å². The van der Waals surface area contributed by atoms with E-state index < -0.39 is 5.69 Å². The molecule has 5 heteroatoms. The predicted octanol–water partition coefficient (Wildman–Crippen LogP) is 9.15. The summed E-state index contributed by atoms with van der Waals surface area (Å²) in [7, 11) is 0. The molecule has 0 rings (SSSR count). The summed E-state index contributed by atoms with van der Waals surface area (Å²) < 4.78 is 12.9. The zero-order valence-corrected chi connectivity index (χ0v) is 23.6. The molecule has 0 fully saturated rings. The van der Waals surface area contributed by atoms with Crippen molar-refractivity contribution in [3.63, 3.8) is 0 Å². The van der Waals surface area contributed by atoms with Crippen LogP contribution in [0, 0.1) is 35.5 Å². The minimum absolute atomic E-state index is 0.139. The number of rotatable bonds is 16. The van der Waals surface area contributed by atoms with E-state index in [0.717, 1.165) is 25.7 Å². The summed E-state index contributed by atoms with van der Waals surface area (Å²) in [4.78, 5) is 0. The van der Waals surface area contributed by atoms with E-state index in [1.54, 1.807) is 0 Å². The van der Waals surface area contributed by atoms with Gasteiger partial charge in [-0.3, -0.25) is 0 Å². The van der Waals surface area contributed by atoms with Gasteiger partial charge in [-0.25, -0.2) is 0 Å². The van der Waals surface area contributed by atoms with E-state index in [1.165, 1.54) is 12.8 Å². The normalized spacial score (nSPS) is 19.0. The first kappa shape index (κ1) is 29.9. The highest BCUT2D eigenvalue weighted by molar-refractivity contribution is 8.60. The van der Waals surface area contributed by atoms with Crippen LogP contribution in [0.5, 0.6) is 0 Å². The van der Waals surface area contributed by atoms with Crippen molar-refractivity contribution in [2.45, 2.75) is 120 Å². The molecule has 0 saturated heterocycles. The largest absolute Gasteiger partial charge is 0.318 e. The summed E-state index contributed by atoms with van der Waals surface area (Å²) >= 11 is 10.6. The Morgan fingerprint density at radius 2 is 0.828 bits per heavy atom. The van der Waals surface area contributed by atoms with Crippen molar-refractivity contribution in [1.29, 1.82) is 0 Å². The molecule has 0 N–H and O–H groups in total. The first-order valence-electron chi connectivity index (χ1n) is 11.9. The van der Waals surface area contributed by atoms with Gasteiger partial charge in [0.2, 0.25) is 5.69 Å². The maximum Gasteiger partial charge on any atom is 0.244 e. The Hall–Kier alpha value is 0.920. The molecule has 4 atom stereocenters. The van der Waals surface area contributed by atoms with Crippen molar-refractivity contribution in [2.24, 2.45) is 35.5 Å². The molecule has 0 radical (unpaired) electrons. The van der Waals surface area contributed by atoms with Crippen LogP contribution in [0.4, 0.5) is 0 Å². The van der Waals surface area contributed by atoms with Crippen molar-refractivity contribution >= 4 is 29.7 Å². The topological polar surface area (TPSA) is 18.5 Å². The summed E-state index contributed by atoms with van der Waals surface area (Å²) in [5.74, 6) is 3.81. The van der Waals surface area contributed by atoms with Gasteiger partial charge < -0.3 is 9.05 Å². The molecule has 176 valence electrons. The van der Waals surface area contributed by atoms with Crippen molar-refractivity contribution in [1.82, 2.24) is 0 Å². The van der Waals surface area contributed by atoms with Crippen LogP contribution in [0.2, 0.25) is 0 Å². The van der Waals surface area contributed by atoms with Crippen LogP contribution in [0.3, 0.4) is 0 Å². The number of hydrogen-bond donors (Lipinski definition) is 1. The third-order valence-corrected chi connectivity index (χ3v) is 7.32. The summed E-state index contributed by atoms with van der Waals surface area (Å²) in [5, 5.41) is 0. The summed E-state index contributed by atoms with van der Waals surface area (Å²) in [5.41, 5.74) is -2.57. The van der Waals surface area contributed by atoms with E-state index in [4.69, 9.17) is 33.1 Å². The maximum absolute atomic E-state index is 6.44. The molecule has 0 bridgehead atoms. The van der Waals surface area contributed by atoms with E-state index >= 15 is 0 Å². The van der Waals surface area contributed by atoms with Gasteiger partial charge in [0.1, 0.15) is 0 Å². The molecule has 4 unspecified atom stereocenters. The Bertz CT molecular complexity index is 428. The first-order valence-corrected chi connectivity index (χ1v) is 15.7. The second kappa shape index (κ2) is 14.9. The Morgan fingerprint density at radius 3 is 1.07 bits per heavy atom. The second-order valence-electron chi connectivity index (χ2n) is 11.1. The monoisotopic (exact) mass is 466 g/mol. The third kappa shape index (κ3) is 17.2. The Balaban J connectivity index is 5.09. The molecular weight excluding hydrogens is 415 g/mol. The molecule has 0 aliphatic heterocycles. The fourth-order valence-electron chi connectivity index (χ4n) is 4.52. The van der Waals surface area contributed by atoms with Gasteiger partial charge in [0.25, 0.3) is 0 Å². The van der Waals surface area contributed by atoms with Crippen molar-refractivity contribution in [3.05, 3.63) is 0 Å². The molecule has 0 spiro atoms. The molecule has 0 aliphatic carbocycles. The van der Waals surface area contributed by atoms with Gasteiger partial charge in [0, 0.05) is 0 Å². The molecule has 0 heterocycles. The van der Waals surface area contributed by atoms with E-state index in [-0.39, 0.29) is 12.2 Å².